The molecule has 2 aromatic rings. The van der Waals surface area contributed by atoms with Crippen molar-refractivity contribution in [2.75, 3.05) is 0 Å². The topological polar surface area (TPSA) is 45.8 Å². The zero-order valence-corrected chi connectivity index (χ0v) is 13.8. The van der Waals surface area contributed by atoms with Crippen LogP contribution in [0.25, 0.3) is 11.4 Å². The minimum absolute atomic E-state index is 0.117. The highest BCUT2D eigenvalue weighted by atomic mass is 79.9. The molecule has 106 valence electrons. The molecule has 0 aliphatic carbocycles. The van der Waals surface area contributed by atoms with Crippen molar-refractivity contribution in [2.24, 2.45) is 5.92 Å². The summed E-state index contributed by atoms with van der Waals surface area (Å²) in [6.45, 7) is 8.31. The third-order valence-electron chi connectivity index (χ3n) is 3.25. The number of aromatic amines is 1. The summed E-state index contributed by atoms with van der Waals surface area (Å²) in [4.78, 5) is 19.6. The molecule has 0 atom stereocenters. The molecule has 0 saturated carbocycles. The average molecular weight is 335 g/mol. The lowest BCUT2D eigenvalue weighted by atomic mass is 10.0. The minimum atomic E-state index is -0.117. The summed E-state index contributed by atoms with van der Waals surface area (Å²) in [5.74, 6) is 1.11. The van der Waals surface area contributed by atoms with E-state index in [0.717, 1.165) is 28.8 Å². The van der Waals surface area contributed by atoms with Crippen LogP contribution in [0.15, 0.2) is 27.5 Å². The van der Waals surface area contributed by atoms with E-state index >= 15 is 0 Å². The molecule has 3 nitrogen and oxygen atoms in total. The highest BCUT2D eigenvalue weighted by Gasteiger charge is 2.14. The molecule has 2 rings (SSSR count). The second-order valence-corrected chi connectivity index (χ2v) is 6.33. The first-order chi connectivity index (χ1) is 9.40. The van der Waals surface area contributed by atoms with Crippen LogP contribution < -0.4 is 5.56 Å². The Hall–Kier alpha value is -1.42. The lowest BCUT2D eigenvalue weighted by Crippen LogP contribution is -2.15. The second kappa shape index (κ2) is 5.92. The van der Waals surface area contributed by atoms with Crippen molar-refractivity contribution >= 4 is 15.9 Å². The molecule has 0 fully saturated rings. The molecule has 0 aliphatic heterocycles. The summed E-state index contributed by atoms with van der Waals surface area (Å²) in [5, 5.41) is 0. The van der Waals surface area contributed by atoms with Gasteiger partial charge in [-0.15, -0.1) is 0 Å². The van der Waals surface area contributed by atoms with Gasteiger partial charge in [-0.3, -0.25) is 4.79 Å². The summed E-state index contributed by atoms with van der Waals surface area (Å²) in [5.41, 5.74) is 3.95. The van der Waals surface area contributed by atoms with Gasteiger partial charge >= 0.3 is 0 Å². The van der Waals surface area contributed by atoms with E-state index in [4.69, 9.17) is 0 Å². The van der Waals surface area contributed by atoms with Crippen LogP contribution in [0, 0.1) is 19.8 Å². The smallest absolute Gasteiger partial charge is 0.265 e. The number of nitrogens with zero attached hydrogens (tertiary/aromatic N) is 1. The van der Waals surface area contributed by atoms with E-state index in [9.17, 15) is 4.79 Å². The van der Waals surface area contributed by atoms with Crippen molar-refractivity contribution in [3.8, 4) is 11.4 Å². The van der Waals surface area contributed by atoms with Gasteiger partial charge in [-0.25, -0.2) is 4.98 Å². The Kier molecular flexibility index (Phi) is 4.43. The van der Waals surface area contributed by atoms with Gasteiger partial charge in [0.05, 0.1) is 5.69 Å². The summed E-state index contributed by atoms with van der Waals surface area (Å²) < 4.78 is 0.543. The van der Waals surface area contributed by atoms with Crippen molar-refractivity contribution < 1.29 is 0 Å². The van der Waals surface area contributed by atoms with Gasteiger partial charge in [-0.05, 0) is 53.2 Å². The van der Waals surface area contributed by atoms with E-state index in [2.05, 4.69) is 39.7 Å². The van der Waals surface area contributed by atoms with Crippen LogP contribution in [0.5, 0.6) is 0 Å². The maximum Gasteiger partial charge on any atom is 0.265 e. The molecule has 20 heavy (non-hydrogen) atoms. The number of nitrogens with one attached hydrogen (secondary N) is 1. The Morgan fingerprint density at radius 3 is 2.40 bits per heavy atom. The van der Waals surface area contributed by atoms with E-state index < -0.39 is 0 Å². The summed E-state index contributed by atoms with van der Waals surface area (Å²) in [7, 11) is 0. The maximum atomic E-state index is 12.1. The van der Waals surface area contributed by atoms with Crippen molar-refractivity contribution in [1.29, 1.82) is 0 Å². The van der Waals surface area contributed by atoms with Gasteiger partial charge in [0.1, 0.15) is 10.3 Å². The van der Waals surface area contributed by atoms with Gasteiger partial charge in [0.15, 0.2) is 0 Å². The van der Waals surface area contributed by atoms with E-state index in [1.165, 1.54) is 0 Å². The third-order valence-corrected chi connectivity index (χ3v) is 4.07. The van der Waals surface area contributed by atoms with Crippen LogP contribution in [-0.2, 0) is 6.42 Å². The van der Waals surface area contributed by atoms with Crippen LogP contribution in [0.1, 0.15) is 30.7 Å². The standard InChI is InChI=1S/C16H19BrN2O/c1-9(2)8-12-14(17)16(20)19-15(18-12)13-10(3)6-5-7-11(13)4/h5-7,9H,8H2,1-4H3,(H,18,19,20). The van der Waals surface area contributed by atoms with Crippen LogP contribution in [0.2, 0.25) is 0 Å². The molecule has 1 aromatic carbocycles. The molecule has 1 N–H and O–H groups in total. The fourth-order valence-electron chi connectivity index (χ4n) is 2.33. The molecule has 0 aliphatic rings. The molecule has 0 amide bonds. The van der Waals surface area contributed by atoms with Crippen LogP contribution >= 0.6 is 15.9 Å². The van der Waals surface area contributed by atoms with Crippen LogP contribution in [0.3, 0.4) is 0 Å². The molecule has 0 saturated heterocycles. The van der Waals surface area contributed by atoms with Gasteiger partial charge < -0.3 is 4.98 Å². The molecule has 0 radical (unpaired) electrons. The fourth-order valence-corrected chi connectivity index (χ4v) is 2.68. The summed E-state index contributed by atoms with van der Waals surface area (Å²) in [6.07, 6.45) is 0.780. The lowest BCUT2D eigenvalue weighted by Gasteiger charge is -2.12. The van der Waals surface area contributed by atoms with Gasteiger partial charge in [0, 0.05) is 5.56 Å². The predicted molar refractivity (Wildman–Crippen MR) is 86.0 cm³/mol. The highest BCUT2D eigenvalue weighted by molar-refractivity contribution is 9.10. The normalized spacial score (nSPS) is 11.1. The van der Waals surface area contributed by atoms with Crippen LogP contribution in [0.4, 0.5) is 0 Å². The van der Waals surface area contributed by atoms with Gasteiger partial charge in [0.25, 0.3) is 5.56 Å². The van der Waals surface area contributed by atoms with Crippen molar-refractivity contribution in [3.05, 3.63) is 49.8 Å². The van der Waals surface area contributed by atoms with E-state index in [0.29, 0.717) is 16.2 Å². The average Bonchev–Trinajstić information content (AvgIpc) is 2.34. The van der Waals surface area contributed by atoms with E-state index in [-0.39, 0.29) is 5.56 Å². The number of rotatable bonds is 3. The summed E-state index contributed by atoms with van der Waals surface area (Å²) >= 11 is 3.35. The van der Waals surface area contributed by atoms with Crippen molar-refractivity contribution in [1.82, 2.24) is 9.97 Å². The first kappa shape index (κ1) is 15.0. The SMILES string of the molecule is Cc1cccc(C)c1-c1nc(CC(C)C)c(Br)c(=O)[nH]1. The predicted octanol–water partition coefficient (Wildman–Crippen LogP) is 4.01. The molecule has 1 aromatic heterocycles. The quantitative estimate of drug-likeness (QED) is 0.921. The number of aromatic nitrogens is 2. The number of aryl methyl sites for hydroxylation is 2. The number of hydrogen-bond donors (Lipinski definition) is 1. The second-order valence-electron chi connectivity index (χ2n) is 5.54. The minimum Gasteiger partial charge on any atom is -0.306 e. The molecule has 0 bridgehead atoms. The first-order valence-electron chi connectivity index (χ1n) is 6.75. The maximum absolute atomic E-state index is 12.1. The molecule has 0 spiro atoms. The summed E-state index contributed by atoms with van der Waals surface area (Å²) in [6, 6.07) is 6.08. The van der Waals surface area contributed by atoms with Gasteiger partial charge in [-0.1, -0.05) is 32.0 Å². The van der Waals surface area contributed by atoms with Gasteiger partial charge in [0.2, 0.25) is 0 Å². The molecule has 1 heterocycles. The first-order valence-corrected chi connectivity index (χ1v) is 7.54. The van der Waals surface area contributed by atoms with E-state index in [1.807, 2.05) is 32.0 Å². The number of halogens is 1. The van der Waals surface area contributed by atoms with E-state index in [1.54, 1.807) is 0 Å². The third kappa shape index (κ3) is 3.01. The number of benzene rings is 1. The lowest BCUT2D eigenvalue weighted by molar-refractivity contribution is 0.631. The largest absolute Gasteiger partial charge is 0.306 e. The zero-order valence-electron chi connectivity index (χ0n) is 12.2. The Morgan fingerprint density at radius 2 is 1.85 bits per heavy atom. The van der Waals surface area contributed by atoms with Crippen LogP contribution in [-0.4, -0.2) is 9.97 Å². The monoisotopic (exact) mass is 334 g/mol. The molecule has 4 heteroatoms. The molecular formula is C16H19BrN2O. The molecular weight excluding hydrogens is 316 g/mol. The van der Waals surface area contributed by atoms with Gasteiger partial charge in [-0.2, -0.15) is 0 Å². The highest BCUT2D eigenvalue weighted by Crippen LogP contribution is 2.25. The zero-order chi connectivity index (χ0) is 14.9. The fraction of sp³-hybridized carbons (Fsp3) is 0.375. The number of hydrogen-bond acceptors (Lipinski definition) is 2. The Labute approximate surface area is 127 Å². The molecule has 0 unspecified atom stereocenters. The Bertz CT molecular complexity index is 669. The van der Waals surface area contributed by atoms with Crippen molar-refractivity contribution in [3.63, 3.8) is 0 Å². The number of H-pyrrole nitrogens is 1. The Morgan fingerprint density at radius 1 is 1.25 bits per heavy atom. The Balaban J connectivity index is 2.64. The van der Waals surface area contributed by atoms with Crippen molar-refractivity contribution in [2.45, 2.75) is 34.1 Å².